The summed E-state index contributed by atoms with van der Waals surface area (Å²) in [5.74, 6) is 0.708. The number of carbonyl (C=O) groups excluding carboxylic acids is 1. The third kappa shape index (κ3) is 5.82. The number of rotatable bonds is 9. The van der Waals surface area contributed by atoms with Crippen molar-refractivity contribution in [3.63, 3.8) is 0 Å². The van der Waals surface area contributed by atoms with E-state index < -0.39 is 10.0 Å². The monoisotopic (exact) mass is 396 g/mol. The van der Waals surface area contributed by atoms with Crippen LogP contribution in [0.3, 0.4) is 0 Å². The second-order valence-corrected chi connectivity index (χ2v) is 9.15. The van der Waals surface area contributed by atoms with Crippen LogP contribution in [-0.2, 0) is 21.2 Å². The SMILES string of the molecule is COc1ccc(CCN(CCNS(=O)(=O)c2ccc(C)s2)C(C)=O)cc1. The molecule has 0 saturated heterocycles. The summed E-state index contributed by atoms with van der Waals surface area (Å²) in [6, 6.07) is 11.0. The summed E-state index contributed by atoms with van der Waals surface area (Å²) in [6.45, 7) is 4.39. The van der Waals surface area contributed by atoms with E-state index in [0.29, 0.717) is 23.7 Å². The molecule has 0 fully saturated rings. The van der Waals surface area contributed by atoms with Gasteiger partial charge in [0, 0.05) is 31.4 Å². The van der Waals surface area contributed by atoms with Crippen molar-refractivity contribution in [3.8, 4) is 5.75 Å². The fourth-order valence-corrected chi connectivity index (χ4v) is 4.77. The van der Waals surface area contributed by atoms with E-state index in [2.05, 4.69) is 4.72 Å². The summed E-state index contributed by atoms with van der Waals surface area (Å²) in [6.07, 6.45) is 0.695. The standard InChI is InChI=1S/C18H24N2O4S2/c1-14-4-9-18(25-14)26(22,23)19-11-13-20(15(2)21)12-10-16-5-7-17(24-3)8-6-16/h4-9,19H,10-13H2,1-3H3. The van der Waals surface area contributed by atoms with E-state index in [9.17, 15) is 13.2 Å². The number of nitrogens with one attached hydrogen (secondary N) is 1. The number of thiophene rings is 1. The minimum Gasteiger partial charge on any atom is -0.497 e. The van der Waals surface area contributed by atoms with Crippen molar-refractivity contribution in [3.05, 3.63) is 46.8 Å². The highest BCUT2D eigenvalue weighted by atomic mass is 32.2. The molecular formula is C18H24N2O4S2. The Morgan fingerprint density at radius 1 is 1.15 bits per heavy atom. The molecule has 0 unspecified atom stereocenters. The fourth-order valence-electron chi connectivity index (χ4n) is 2.43. The summed E-state index contributed by atoms with van der Waals surface area (Å²) in [5.41, 5.74) is 1.09. The molecule has 0 bridgehead atoms. The van der Waals surface area contributed by atoms with Crippen molar-refractivity contribution < 1.29 is 17.9 Å². The quantitative estimate of drug-likeness (QED) is 0.706. The lowest BCUT2D eigenvalue weighted by Gasteiger charge is -2.21. The third-order valence-corrected chi connectivity index (χ3v) is 6.88. The van der Waals surface area contributed by atoms with Crippen LogP contribution in [0, 0.1) is 6.92 Å². The van der Waals surface area contributed by atoms with Gasteiger partial charge in [-0.15, -0.1) is 11.3 Å². The normalized spacial score (nSPS) is 11.3. The molecule has 26 heavy (non-hydrogen) atoms. The predicted molar refractivity (Wildman–Crippen MR) is 103 cm³/mol. The Morgan fingerprint density at radius 2 is 1.85 bits per heavy atom. The van der Waals surface area contributed by atoms with Crippen molar-refractivity contribution in [1.82, 2.24) is 9.62 Å². The predicted octanol–water partition coefficient (Wildman–Crippen LogP) is 2.43. The summed E-state index contributed by atoms with van der Waals surface area (Å²) >= 11 is 1.23. The summed E-state index contributed by atoms with van der Waals surface area (Å²) in [5, 5.41) is 0. The molecule has 0 atom stereocenters. The first kappa shape index (κ1) is 20.4. The van der Waals surface area contributed by atoms with E-state index in [-0.39, 0.29) is 12.5 Å². The Labute approximate surface area is 158 Å². The third-order valence-electron chi connectivity index (χ3n) is 3.93. The Balaban J connectivity index is 1.86. The molecule has 8 heteroatoms. The van der Waals surface area contributed by atoms with Crippen LogP contribution < -0.4 is 9.46 Å². The highest BCUT2D eigenvalue weighted by molar-refractivity contribution is 7.91. The topological polar surface area (TPSA) is 75.7 Å². The van der Waals surface area contributed by atoms with Crippen molar-refractivity contribution in [2.45, 2.75) is 24.5 Å². The molecule has 0 aliphatic rings. The second-order valence-electron chi connectivity index (χ2n) is 5.87. The van der Waals surface area contributed by atoms with Gasteiger partial charge in [0.15, 0.2) is 0 Å². The lowest BCUT2D eigenvalue weighted by molar-refractivity contribution is -0.128. The molecule has 0 saturated carbocycles. The first-order valence-electron chi connectivity index (χ1n) is 8.26. The number of benzene rings is 1. The number of nitrogens with zero attached hydrogens (tertiary/aromatic N) is 1. The van der Waals surface area contributed by atoms with E-state index in [1.807, 2.05) is 31.2 Å². The Hall–Kier alpha value is -1.90. The minimum absolute atomic E-state index is 0.0790. The number of aryl methyl sites for hydroxylation is 1. The van der Waals surface area contributed by atoms with Crippen LogP contribution in [-0.4, -0.2) is 46.0 Å². The number of sulfonamides is 1. The smallest absolute Gasteiger partial charge is 0.250 e. The van der Waals surface area contributed by atoms with Gasteiger partial charge >= 0.3 is 0 Å². The van der Waals surface area contributed by atoms with Crippen LogP contribution in [0.2, 0.25) is 0 Å². The maximum absolute atomic E-state index is 12.2. The highest BCUT2D eigenvalue weighted by Gasteiger charge is 2.17. The summed E-state index contributed by atoms with van der Waals surface area (Å²) in [7, 11) is -1.90. The van der Waals surface area contributed by atoms with Crippen LogP contribution >= 0.6 is 11.3 Å². The van der Waals surface area contributed by atoms with Gasteiger partial charge in [-0.05, 0) is 43.2 Å². The molecule has 1 aromatic heterocycles. The van der Waals surface area contributed by atoms with Crippen molar-refractivity contribution >= 4 is 27.3 Å². The molecule has 142 valence electrons. The van der Waals surface area contributed by atoms with Gasteiger partial charge in [0.1, 0.15) is 9.96 Å². The zero-order valence-electron chi connectivity index (χ0n) is 15.2. The molecule has 0 aliphatic carbocycles. The van der Waals surface area contributed by atoms with Gasteiger partial charge in [-0.2, -0.15) is 0 Å². The van der Waals surface area contributed by atoms with E-state index >= 15 is 0 Å². The minimum atomic E-state index is -3.52. The number of ether oxygens (including phenoxy) is 1. The Bertz CT molecular complexity index is 829. The number of hydrogen-bond acceptors (Lipinski definition) is 5. The Kier molecular flexibility index (Phi) is 7.19. The average Bonchev–Trinajstić information content (AvgIpc) is 3.05. The van der Waals surface area contributed by atoms with Crippen LogP contribution in [0.4, 0.5) is 0 Å². The lowest BCUT2D eigenvalue weighted by atomic mass is 10.1. The lowest BCUT2D eigenvalue weighted by Crippen LogP contribution is -2.38. The maximum atomic E-state index is 12.2. The molecule has 2 aromatic rings. The molecule has 1 heterocycles. The molecule has 1 aromatic carbocycles. The van der Waals surface area contributed by atoms with E-state index in [0.717, 1.165) is 16.2 Å². The molecule has 0 radical (unpaired) electrons. The van der Waals surface area contributed by atoms with Crippen LogP contribution in [0.15, 0.2) is 40.6 Å². The fraction of sp³-hybridized carbons (Fsp3) is 0.389. The number of carbonyl (C=O) groups is 1. The van der Waals surface area contributed by atoms with Gasteiger partial charge in [-0.1, -0.05) is 12.1 Å². The average molecular weight is 397 g/mol. The molecule has 1 N–H and O–H groups in total. The van der Waals surface area contributed by atoms with Crippen LogP contribution in [0.5, 0.6) is 5.75 Å². The largest absolute Gasteiger partial charge is 0.497 e. The van der Waals surface area contributed by atoms with Crippen LogP contribution in [0.1, 0.15) is 17.4 Å². The number of methoxy groups -OCH3 is 1. The second kappa shape index (κ2) is 9.16. The number of hydrogen-bond donors (Lipinski definition) is 1. The van der Waals surface area contributed by atoms with Gasteiger partial charge in [-0.25, -0.2) is 13.1 Å². The van der Waals surface area contributed by atoms with Gasteiger partial charge in [0.2, 0.25) is 15.9 Å². The Morgan fingerprint density at radius 3 is 2.38 bits per heavy atom. The zero-order valence-corrected chi connectivity index (χ0v) is 16.8. The molecule has 0 spiro atoms. The van der Waals surface area contributed by atoms with Crippen LogP contribution in [0.25, 0.3) is 0 Å². The number of amides is 1. The molecule has 1 amide bonds. The highest BCUT2D eigenvalue weighted by Crippen LogP contribution is 2.20. The van der Waals surface area contributed by atoms with Gasteiger partial charge < -0.3 is 9.64 Å². The summed E-state index contributed by atoms with van der Waals surface area (Å²) in [4.78, 5) is 14.4. The van der Waals surface area contributed by atoms with Crippen molar-refractivity contribution in [2.24, 2.45) is 0 Å². The molecular weight excluding hydrogens is 372 g/mol. The van der Waals surface area contributed by atoms with Crippen molar-refractivity contribution in [2.75, 3.05) is 26.7 Å². The van der Waals surface area contributed by atoms with E-state index in [1.54, 1.807) is 24.1 Å². The zero-order chi connectivity index (χ0) is 19.2. The molecule has 0 aliphatic heterocycles. The first-order chi connectivity index (χ1) is 12.3. The van der Waals surface area contributed by atoms with E-state index in [4.69, 9.17) is 4.74 Å². The van der Waals surface area contributed by atoms with Gasteiger partial charge in [0.05, 0.1) is 7.11 Å². The van der Waals surface area contributed by atoms with Gasteiger partial charge in [-0.3, -0.25) is 4.79 Å². The van der Waals surface area contributed by atoms with Crippen molar-refractivity contribution in [1.29, 1.82) is 0 Å². The van der Waals surface area contributed by atoms with E-state index in [1.165, 1.54) is 18.3 Å². The van der Waals surface area contributed by atoms with Gasteiger partial charge in [0.25, 0.3) is 0 Å². The molecule has 6 nitrogen and oxygen atoms in total. The molecule has 2 rings (SSSR count). The summed E-state index contributed by atoms with van der Waals surface area (Å²) < 4.78 is 32.4. The maximum Gasteiger partial charge on any atom is 0.250 e. The first-order valence-corrected chi connectivity index (χ1v) is 10.6.